The normalized spacial score (nSPS) is 15.5. The average molecular weight is 430 g/mol. The number of methoxy groups -OCH3 is 2. The summed E-state index contributed by atoms with van der Waals surface area (Å²) in [5.41, 5.74) is 3.78. The Kier molecular flexibility index (Phi) is 6.87. The number of amides is 2. The van der Waals surface area contributed by atoms with Crippen molar-refractivity contribution in [2.75, 3.05) is 19.5 Å². The molecule has 2 aromatic rings. The first-order chi connectivity index (χ1) is 14.5. The Morgan fingerprint density at radius 1 is 1.27 bits per heavy atom. The molecule has 1 aliphatic rings. The van der Waals surface area contributed by atoms with Gasteiger partial charge in [0, 0.05) is 16.7 Å². The van der Waals surface area contributed by atoms with Crippen LogP contribution >= 0.6 is 11.6 Å². The standard InChI is InChI=1S/C20H20ClN5O4/c1-29-13-7-8-17(30-2)15(9-13)23-18(27)10-16-19(28)25-20(24-16)26-22-11-12-5-3-4-6-14(12)21/h3-9,11,16H,10H2,1-2H3,(H,23,27)(H2,24,25,26,28). The Morgan fingerprint density at radius 2 is 2.07 bits per heavy atom. The van der Waals surface area contributed by atoms with Crippen LogP contribution in [0.1, 0.15) is 12.0 Å². The molecule has 3 rings (SSSR count). The Morgan fingerprint density at radius 3 is 2.80 bits per heavy atom. The zero-order valence-electron chi connectivity index (χ0n) is 16.3. The summed E-state index contributed by atoms with van der Waals surface area (Å²) in [7, 11) is 3.01. The van der Waals surface area contributed by atoms with E-state index in [9.17, 15) is 9.59 Å². The van der Waals surface area contributed by atoms with Gasteiger partial charge in [-0.25, -0.2) is 10.4 Å². The van der Waals surface area contributed by atoms with Crippen molar-refractivity contribution in [2.45, 2.75) is 12.5 Å². The second-order valence-corrected chi connectivity index (χ2v) is 6.60. The summed E-state index contributed by atoms with van der Waals surface area (Å²) in [4.78, 5) is 28.7. The molecular weight excluding hydrogens is 410 g/mol. The minimum atomic E-state index is -0.875. The highest BCUT2D eigenvalue weighted by Crippen LogP contribution is 2.29. The Hall–Kier alpha value is -3.59. The van der Waals surface area contributed by atoms with Gasteiger partial charge in [-0.3, -0.25) is 14.9 Å². The van der Waals surface area contributed by atoms with Crippen LogP contribution in [-0.2, 0) is 9.59 Å². The zero-order valence-corrected chi connectivity index (χ0v) is 17.1. The van der Waals surface area contributed by atoms with E-state index in [1.54, 1.807) is 30.3 Å². The number of rotatable bonds is 7. The zero-order chi connectivity index (χ0) is 21.5. The minimum absolute atomic E-state index is 0.147. The number of aliphatic imine (C=N–C) groups is 1. The lowest BCUT2D eigenvalue weighted by Crippen LogP contribution is -2.35. The first-order valence-electron chi connectivity index (χ1n) is 8.94. The van der Waals surface area contributed by atoms with Crippen molar-refractivity contribution in [2.24, 2.45) is 10.1 Å². The van der Waals surface area contributed by atoms with E-state index in [0.717, 1.165) is 0 Å². The van der Waals surface area contributed by atoms with Crippen molar-refractivity contribution >= 4 is 41.3 Å². The van der Waals surface area contributed by atoms with Gasteiger partial charge in [0.2, 0.25) is 11.9 Å². The van der Waals surface area contributed by atoms with Crippen LogP contribution in [0.3, 0.4) is 0 Å². The first kappa shape index (κ1) is 21.1. The lowest BCUT2D eigenvalue weighted by molar-refractivity contribution is -0.123. The number of carbonyl (C=O) groups is 2. The van der Waals surface area contributed by atoms with Crippen molar-refractivity contribution in [1.82, 2.24) is 10.7 Å². The van der Waals surface area contributed by atoms with Crippen LogP contribution in [-0.4, -0.2) is 44.2 Å². The fourth-order valence-electron chi connectivity index (χ4n) is 2.67. The number of hydrogen-bond acceptors (Lipinski definition) is 7. The smallest absolute Gasteiger partial charge is 0.252 e. The van der Waals surface area contributed by atoms with Crippen LogP contribution in [0.4, 0.5) is 5.69 Å². The number of carbonyl (C=O) groups excluding carboxylic acids is 2. The third-order valence-electron chi connectivity index (χ3n) is 4.17. The van der Waals surface area contributed by atoms with Gasteiger partial charge in [-0.2, -0.15) is 5.10 Å². The topological polar surface area (TPSA) is 113 Å². The van der Waals surface area contributed by atoms with Crippen LogP contribution in [0.25, 0.3) is 0 Å². The van der Waals surface area contributed by atoms with Gasteiger partial charge < -0.3 is 14.8 Å². The maximum atomic E-state index is 12.4. The molecule has 0 radical (unpaired) electrons. The largest absolute Gasteiger partial charge is 0.497 e. The predicted molar refractivity (Wildman–Crippen MR) is 114 cm³/mol. The SMILES string of the molecule is COc1ccc(OC)c(NC(=O)CC2N=C(NN=Cc3ccccc3Cl)NC2=O)c1. The molecule has 0 aliphatic carbocycles. The molecule has 10 heteroatoms. The molecule has 0 fully saturated rings. The fraction of sp³-hybridized carbons (Fsp3) is 0.200. The van der Waals surface area contributed by atoms with Crippen LogP contribution in [0.5, 0.6) is 11.5 Å². The molecular formula is C20H20ClN5O4. The number of ether oxygens (including phenoxy) is 2. The molecule has 1 aliphatic heterocycles. The van der Waals surface area contributed by atoms with E-state index in [1.807, 2.05) is 12.1 Å². The maximum absolute atomic E-state index is 12.4. The highest BCUT2D eigenvalue weighted by Gasteiger charge is 2.28. The van der Waals surface area contributed by atoms with Crippen molar-refractivity contribution in [3.63, 3.8) is 0 Å². The van der Waals surface area contributed by atoms with Gasteiger partial charge in [0.05, 0.1) is 32.5 Å². The summed E-state index contributed by atoms with van der Waals surface area (Å²) < 4.78 is 10.4. The second kappa shape index (κ2) is 9.75. The third-order valence-corrected chi connectivity index (χ3v) is 4.51. The van der Waals surface area contributed by atoms with E-state index < -0.39 is 17.9 Å². The van der Waals surface area contributed by atoms with Crippen LogP contribution < -0.4 is 25.5 Å². The van der Waals surface area contributed by atoms with Gasteiger partial charge in [0.15, 0.2) is 0 Å². The number of hydrogen-bond donors (Lipinski definition) is 3. The lowest BCUT2D eigenvalue weighted by atomic mass is 10.2. The van der Waals surface area contributed by atoms with Gasteiger partial charge in [0.25, 0.3) is 5.91 Å². The molecule has 156 valence electrons. The van der Waals surface area contributed by atoms with Crippen molar-refractivity contribution < 1.29 is 19.1 Å². The molecule has 1 atom stereocenters. The summed E-state index contributed by atoms with van der Waals surface area (Å²) in [6.45, 7) is 0. The van der Waals surface area contributed by atoms with E-state index in [4.69, 9.17) is 21.1 Å². The molecule has 0 saturated heterocycles. The summed E-state index contributed by atoms with van der Waals surface area (Å²) in [6.07, 6.45) is 1.36. The number of guanidine groups is 1. The summed E-state index contributed by atoms with van der Waals surface area (Å²) >= 11 is 6.05. The fourth-order valence-corrected chi connectivity index (χ4v) is 2.86. The third kappa shape index (κ3) is 5.26. The molecule has 1 unspecified atom stereocenters. The van der Waals surface area contributed by atoms with Gasteiger partial charge in [-0.15, -0.1) is 0 Å². The Bertz CT molecular complexity index is 1010. The van der Waals surface area contributed by atoms with Crippen molar-refractivity contribution in [3.05, 3.63) is 53.1 Å². The van der Waals surface area contributed by atoms with Crippen LogP contribution in [0.15, 0.2) is 52.6 Å². The van der Waals surface area contributed by atoms with Gasteiger partial charge in [0.1, 0.15) is 17.5 Å². The Labute approximate surface area is 178 Å². The molecule has 30 heavy (non-hydrogen) atoms. The quantitative estimate of drug-likeness (QED) is 0.461. The van der Waals surface area contributed by atoms with E-state index in [0.29, 0.717) is 27.8 Å². The van der Waals surface area contributed by atoms with E-state index in [-0.39, 0.29) is 12.4 Å². The monoisotopic (exact) mass is 429 g/mol. The minimum Gasteiger partial charge on any atom is -0.497 e. The van der Waals surface area contributed by atoms with E-state index >= 15 is 0 Å². The molecule has 0 aromatic heterocycles. The number of nitrogens with one attached hydrogen (secondary N) is 3. The second-order valence-electron chi connectivity index (χ2n) is 6.19. The van der Waals surface area contributed by atoms with Crippen LogP contribution in [0.2, 0.25) is 5.02 Å². The molecule has 3 N–H and O–H groups in total. The lowest BCUT2D eigenvalue weighted by Gasteiger charge is -2.12. The molecule has 0 bridgehead atoms. The van der Waals surface area contributed by atoms with Gasteiger partial charge in [-0.05, 0) is 18.2 Å². The number of anilines is 1. The number of hydrazone groups is 1. The van der Waals surface area contributed by atoms with E-state index in [2.05, 4.69) is 26.2 Å². The molecule has 0 spiro atoms. The maximum Gasteiger partial charge on any atom is 0.252 e. The first-order valence-corrected chi connectivity index (χ1v) is 9.32. The number of benzene rings is 2. The van der Waals surface area contributed by atoms with E-state index in [1.165, 1.54) is 20.4 Å². The van der Waals surface area contributed by atoms with Crippen LogP contribution in [0, 0.1) is 0 Å². The molecule has 9 nitrogen and oxygen atoms in total. The summed E-state index contributed by atoms with van der Waals surface area (Å²) in [5.74, 6) is 0.384. The highest BCUT2D eigenvalue weighted by atomic mass is 35.5. The predicted octanol–water partition coefficient (Wildman–Crippen LogP) is 2.16. The van der Waals surface area contributed by atoms with Crippen molar-refractivity contribution in [3.8, 4) is 11.5 Å². The average Bonchev–Trinajstić information content (AvgIpc) is 3.08. The molecule has 2 aromatic carbocycles. The number of halogens is 1. The Balaban J connectivity index is 1.60. The van der Waals surface area contributed by atoms with Crippen molar-refractivity contribution in [1.29, 1.82) is 0 Å². The number of nitrogens with zero attached hydrogens (tertiary/aromatic N) is 2. The molecule has 2 amide bonds. The van der Waals surface area contributed by atoms with Gasteiger partial charge >= 0.3 is 0 Å². The molecule has 0 saturated carbocycles. The van der Waals surface area contributed by atoms with Gasteiger partial charge in [-0.1, -0.05) is 29.8 Å². The summed E-state index contributed by atoms with van der Waals surface area (Å²) in [5, 5.41) is 9.81. The summed E-state index contributed by atoms with van der Waals surface area (Å²) in [6, 6.07) is 11.3. The molecule has 1 heterocycles. The highest BCUT2D eigenvalue weighted by molar-refractivity contribution is 6.33.